The summed E-state index contributed by atoms with van der Waals surface area (Å²) in [7, 11) is 1.65. The van der Waals surface area contributed by atoms with Crippen LogP contribution in [-0.2, 0) is 11.8 Å². The molecule has 0 spiro atoms. The highest BCUT2D eigenvalue weighted by molar-refractivity contribution is 7.99. The highest BCUT2D eigenvalue weighted by Gasteiger charge is 2.11. The molecule has 0 saturated heterocycles. The molecule has 0 fully saturated rings. The molecule has 7 nitrogen and oxygen atoms in total. The number of aromatic nitrogens is 3. The Labute approximate surface area is 96.8 Å². The van der Waals surface area contributed by atoms with E-state index in [9.17, 15) is 9.59 Å². The molecule has 8 heteroatoms. The minimum atomic E-state index is -0.241. The van der Waals surface area contributed by atoms with E-state index in [0.717, 1.165) is 0 Å². The number of nitrogens with zero attached hydrogens (tertiary/aromatic N) is 2. The van der Waals surface area contributed by atoms with Crippen molar-refractivity contribution in [3.8, 4) is 0 Å². The molecule has 1 atom stereocenters. The van der Waals surface area contributed by atoms with Crippen LogP contribution in [0.3, 0.4) is 0 Å². The van der Waals surface area contributed by atoms with Gasteiger partial charge in [0.1, 0.15) is 0 Å². The standard InChI is InChI=1S/C8H15N5O2S/c1-5(3-4-6(14)10-9)16-8-12-11-7(15)13(8)2/h5H,3-4,9H2,1-2H3,(H,10,14)(H,11,15). The van der Waals surface area contributed by atoms with Crippen molar-refractivity contribution in [2.24, 2.45) is 12.9 Å². The highest BCUT2D eigenvalue weighted by Crippen LogP contribution is 2.22. The first-order valence-corrected chi connectivity index (χ1v) is 5.70. The average molecular weight is 245 g/mol. The fraction of sp³-hybridized carbons (Fsp3) is 0.625. The molecule has 1 aromatic heterocycles. The number of hydrogen-bond donors (Lipinski definition) is 3. The molecule has 0 aliphatic heterocycles. The fourth-order valence-electron chi connectivity index (χ4n) is 1.08. The van der Waals surface area contributed by atoms with Crippen LogP contribution in [0.5, 0.6) is 0 Å². The summed E-state index contributed by atoms with van der Waals surface area (Å²) in [5.41, 5.74) is 1.83. The maximum atomic E-state index is 11.1. The van der Waals surface area contributed by atoms with E-state index in [1.54, 1.807) is 7.05 Å². The van der Waals surface area contributed by atoms with Gasteiger partial charge in [0.05, 0.1) is 0 Å². The van der Waals surface area contributed by atoms with Crippen LogP contribution in [-0.4, -0.2) is 25.9 Å². The number of hydrogen-bond acceptors (Lipinski definition) is 5. The molecule has 1 heterocycles. The third-order valence-corrected chi connectivity index (χ3v) is 3.30. The van der Waals surface area contributed by atoms with Crippen molar-refractivity contribution in [2.45, 2.75) is 30.2 Å². The van der Waals surface area contributed by atoms with E-state index in [2.05, 4.69) is 15.6 Å². The van der Waals surface area contributed by atoms with Gasteiger partial charge in [-0.05, 0) is 6.42 Å². The monoisotopic (exact) mass is 245 g/mol. The molecule has 4 N–H and O–H groups in total. The number of H-pyrrole nitrogens is 1. The van der Waals surface area contributed by atoms with E-state index in [-0.39, 0.29) is 16.8 Å². The van der Waals surface area contributed by atoms with Gasteiger partial charge in [-0.3, -0.25) is 14.8 Å². The molecule has 1 rings (SSSR count). The molecule has 1 amide bonds. The Balaban J connectivity index is 2.45. The van der Waals surface area contributed by atoms with Gasteiger partial charge in [0.25, 0.3) is 0 Å². The van der Waals surface area contributed by atoms with Gasteiger partial charge in [0.15, 0.2) is 5.16 Å². The molecule has 1 unspecified atom stereocenters. The smallest absolute Gasteiger partial charge is 0.294 e. The maximum absolute atomic E-state index is 11.1. The van der Waals surface area contributed by atoms with Gasteiger partial charge in [-0.25, -0.2) is 15.7 Å². The number of thioether (sulfide) groups is 1. The number of hydrazine groups is 1. The molecule has 16 heavy (non-hydrogen) atoms. The summed E-state index contributed by atoms with van der Waals surface area (Å²) >= 11 is 1.44. The quantitative estimate of drug-likeness (QED) is 0.277. The number of amides is 1. The second-order valence-electron chi connectivity index (χ2n) is 3.41. The molecule has 0 saturated carbocycles. The van der Waals surface area contributed by atoms with E-state index in [1.807, 2.05) is 6.92 Å². The lowest BCUT2D eigenvalue weighted by molar-refractivity contribution is -0.121. The second kappa shape index (κ2) is 5.71. The predicted molar refractivity (Wildman–Crippen MR) is 60.7 cm³/mol. The van der Waals surface area contributed by atoms with E-state index in [4.69, 9.17) is 5.84 Å². The number of rotatable bonds is 5. The Morgan fingerprint density at radius 2 is 2.44 bits per heavy atom. The van der Waals surface area contributed by atoms with E-state index >= 15 is 0 Å². The largest absolute Gasteiger partial charge is 0.343 e. The second-order valence-corrected chi connectivity index (χ2v) is 4.81. The summed E-state index contributed by atoms with van der Waals surface area (Å²) in [6, 6.07) is 0. The van der Waals surface area contributed by atoms with Crippen LogP contribution in [0.2, 0.25) is 0 Å². The van der Waals surface area contributed by atoms with Crippen LogP contribution in [0.1, 0.15) is 19.8 Å². The van der Waals surface area contributed by atoms with Crippen molar-refractivity contribution >= 4 is 17.7 Å². The van der Waals surface area contributed by atoms with Crippen LogP contribution >= 0.6 is 11.8 Å². The molecular formula is C8H15N5O2S. The van der Waals surface area contributed by atoms with Gasteiger partial charge in [0.2, 0.25) is 5.91 Å². The topological polar surface area (TPSA) is 106 Å². The number of nitrogens with one attached hydrogen (secondary N) is 2. The lowest BCUT2D eigenvalue weighted by Crippen LogP contribution is -2.30. The normalized spacial score (nSPS) is 12.4. The van der Waals surface area contributed by atoms with Crippen molar-refractivity contribution in [1.29, 1.82) is 0 Å². The van der Waals surface area contributed by atoms with Crippen LogP contribution in [0.25, 0.3) is 0 Å². The van der Waals surface area contributed by atoms with Crippen LogP contribution in [0, 0.1) is 0 Å². The molecule has 1 aromatic rings. The van der Waals surface area contributed by atoms with Crippen molar-refractivity contribution in [1.82, 2.24) is 20.2 Å². The van der Waals surface area contributed by atoms with E-state index in [1.165, 1.54) is 16.3 Å². The van der Waals surface area contributed by atoms with Gasteiger partial charge in [-0.1, -0.05) is 18.7 Å². The lowest BCUT2D eigenvalue weighted by atomic mass is 10.2. The molecule has 0 aliphatic carbocycles. The molecular weight excluding hydrogens is 230 g/mol. The van der Waals surface area contributed by atoms with Crippen LogP contribution in [0.4, 0.5) is 0 Å². The van der Waals surface area contributed by atoms with Crippen LogP contribution < -0.4 is 17.0 Å². The summed E-state index contributed by atoms with van der Waals surface area (Å²) < 4.78 is 1.43. The van der Waals surface area contributed by atoms with Crippen molar-refractivity contribution in [3.05, 3.63) is 10.5 Å². The number of carbonyl (C=O) groups excluding carboxylic acids is 1. The van der Waals surface area contributed by atoms with Crippen LogP contribution in [0.15, 0.2) is 9.95 Å². The fourth-order valence-corrected chi connectivity index (χ4v) is 2.02. The first-order chi connectivity index (χ1) is 7.54. The minimum Gasteiger partial charge on any atom is -0.294 e. The summed E-state index contributed by atoms with van der Waals surface area (Å²) in [5, 5.41) is 7.02. The Kier molecular flexibility index (Phi) is 4.56. The molecule has 0 aromatic carbocycles. The number of aromatic amines is 1. The van der Waals surface area contributed by atoms with Gasteiger partial charge >= 0.3 is 5.69 Å². The van der Waals surface area contributed by atoms with E-state index in [0.29, 0.717) is 18.0 Å². The Hall–Kier alpha value is -1.28. The predicted octanol–water partition coefficient (Wildman–Crippen LogP) is -0.641. The van der Waals surface area contributed by atoms with Gasteiger partial charge in [0, 0.05) is 18.7 Å². The lowest BCUT2D eigenvalue weighted by Gasteiger charge is -2.08. The summed E-state index contributed by atoms with van der Waals surface area (Å²) in [6.07, 6.45) is 1.04. The Bertz CT molecular complexity index is 413. The number of nitrogens with two attached hydrogens (primary N) is 1. The summed E-state index contributed by atoms with van der Waals surface area (Å²) in [4.78, 5) is 22.0. The average Bonchev–Trinajstić information content (AvgIpc) is 2.57. The first kappa shape index (κ1) is 12.8. The highest BCUT2D eigenvalue weighted by atomic mass is 32.2. The number of carbonyl (C=O) groups is 1. The van der Waals surface area contributed by atoms with Gasteiger partial charge in [-0.15, -0.1) is 5.10 Å². The van der Waals surface area contributed by atoms with E-state index < -0.39 is 0 Å². The molecule has 0 bridgehead atoms. The third-order valence-electron chi connectivity index (χ3n) is 2.08. The third kappa shape index (κ3) is 3.38. The molecule has 0 radical (unpaired) electrons. The maximum Gasteiger partial charge on any atom is 0.343 e. The Morgan fingerprint density at radius 1 is 1.75 bits per heavy atom. The zero-order valence-electron chi connectivity index (χ0n) is 9.19. The first-order valence-electron chi connectivity index (χ1n) is 4.82. The Morgan fingerprint density at radius 3 is 2.94 bits per heavy atom. The minimum absolute atomic E-state index is 0.186. The van der Waals surface area contributed by atoms with Crippen molar-refractivity contribution in [2.75, 3.05) is 0 Å². The zero-order chi connectivity index (χ0) is 12.1. The van der Waals surface area contributed by atoms with Crippen molar-refractivity contribution < 1.29 is 4.79 Å². The zero-order valence-corrected chi connectivity index (χ0v) is 10.0. The summed E-state index contributed by atoms with van der Waals surface area (Å²) in [5.74, 6) is 4.78. The molecule has 90 valence electrons. The molecule has 0 aliphatic rings. The summed E-state index contributed by atoms with van der Waals surface area (Å²) in [6.45, 7) is 1.97. The van der Waals surface area contributed by atoms with Gasteiger partial charge in [-0.2, -0.15) is 0 Å². The SMILES string of the molecule is CC(CCC(=O)NN)Sc1n[nH]c(=O)n1C. The van der Waals surface area contributed by atoms with Gasteiger partial charge < -0.3 is 0 Å². The van der Waals surface area contributed by atoms with Crippen molar-refractivity contribution in [3.63, 3.8) is 0 Å².